The maximum absolute atomic E-state index is 13.9. The molecule has 0 bridgehead atoms. The van der Waals surface area contributed by atoms with Crippen molar-refractivity contribution in [1.82, 2.24) is 36.1 Å². The number of phosphoric acid groups is 1. The number of H-pyrrole nitrogens is 1. The highest BCUT2D eigenvalue weighted by Gasteiger charge is 2.38. The Kier molecular flexibility index (Phi) is 22.2. The van der Waals surface area contributed by atoms with Crippen LogP contribution in [0.5, 0.6) is 0 Å². The Morgan fingerprint density at radius 3 is 2.27 bits per heavy atom. The number of unbranched alkanes of at least 4 members (excludes halogenated alkanes) is 1. The van der Waals surface area contributed by atoms with E-state index in [0.29, 0.717) is 51.1 Å². The van der Waals surface area contributed by atoms with E-state index in [9.17, 15) is 43.3 Å². The first-order valence-corrected chi connectivity index (χ1v) is 22.2. The molecular formula is C40H63N8O13P. The number of benzene rings is 1. The summed E-state index contributed by atoms with van der Waals surface area (Å²) in [5, 5.41) is 20.2. The summed E-state index contributed by atoms with van der Waals surface area (Å²) in [4.78, 5) is 98.6. The molecule has 7 atom stereocenters. The number of amides is 6. The van der Waals surface area contributed by atoms with Crippen LogP contribution in [0.25, 0.3) is 0 Å². The van der Waals surface area contributed by atoms with Gasteiger partial charge in [-0.3, -0.25) is 37.8 Å². The number of rotatable bonds is 29. The lowest BCUT2D eigenvalue weighted by Crippen LogP contribution is -2.61. The van der Waals surface area contributed by atoms with Crippen molar-refractivity contribution in [3.63, 3.8) is 0 Å². The number of nitrogens with zero attached hydrogens (tertiary/aromatic N) is 2. The van der Waals surface area contributed by atoms with Crippen LogP contribution in [0, 0.1) is 5.92 Å². The zero-order valence-corrected chi connectivity index (χ0v) is 36.7. The van der Waals surface area contributed by atoms with Crippen molar-refractivity contribution in [3.05, 3.63) is 54.1 Å². The number of primary amides is 1. The number of aromatic amines is 1. The van der Waals surface area contributed by atoms with Crippen LogP contribution >= 0.6 is 7.82 Å². The van der Waals surface area contributed by atoms with E-state index in [2.05, 4.69) is 31.2 Å². The summed E-state index contributed by atoms with van der Waals surface area (Å²) in [6.07, 6.45) is 4.11. The standard InChI is InChI=1S/C40H63N8O13P/c1-26(2)21-30(45-40(55)33-14-10-16-48(33)34(50)15-18-59-20-19-58-4)37(52)44-31(22-29-23-42-25-43-29)38(53)46-32(24-49)39(54)47-35(36(41)51)27(3)61-62(56,57)60-17-9-8-13-28-11-6-5-7-12-28/h5-7,11-12,23,25-27,30-33,35,49H,8-10,13-22,24H2,1-4H3,(H2,41,51)(H,42,43)(H,44,52)(H,45,55)(H,46,53)(H,47,54)(H,56,57)/t27-,30+,31+,32+,33+,35+/m1/s1. The van der Waals surface area contributed by atoms with Gasteiger partial charge in [-0.1, -0.05) is 44.2 Å². The highest BCUT2D eigenvalue weighted by molar-refractivity contribution is 7.47. The van der Waals surface area contributed by atoms with Crippen LogP contribution in [0.1, 0.15) is 70.6 Å². The lowest BCUT2D eigenvalue weighted by atomic mass is 10.0. The quantitative estimate of drug-likeness (QED) is 0.0394. The van der Waals surface area contributed by atoms with Gasteiger partial charge in [-0.15, -0.1) is 0 Å². The molecule has 0 spiro atoms. The van der Waals surface area contributed by atoms with Gasteiger partial charge >= 0.3 is 7.82 Å². The summed E-state index contributed by atoms with van der Waals surface area (Å²) in [6.45, 7) is 4.99. The van der Waals surface area contributed by atoms with E-state index in [1.54, 1.807) is 0 Å². The van der Waals surface area contributed by atoms with Crippen LogP contribution in [0.2, 0.25) is 0 Å². The number of hydrogen-bond acceptors (Lipinski definition) is 13. The molecule has 0 radical (unpaired) electrons. The number of methoxy groups -OCH3 is 1. The number of aryl methyl sites for hydroxylation is 1. The van der Waals surface area contributed by atoms with E-state index in [4.69, 9.17) is 24.3 Å². The molecule has 2 heterocycles. The predicted octanol–water partition coefficient (Wildman–Crippen LogP) is 0.00420. The van der Waals surface area contributed by atoms with Gasteiger partial charge in [-0.25, -0.2) is 9.55 Å². The second-order valence-corrected chi connectivity index (χ2v) is 16.7. The van der Waals surface area contributed by atoms with Gasteiger partial charge in [0, 0.05) is 32.0 Å². The molecule has 6 amide bonds. The number of aromatic nitrogens is 2. The number of carbonyl (C=O) groups is 6. The number of aliphatic hydroxyl groups is 1. The highest BCUT2D eigenvalue weighted by atomic mass is 31.2. The third kappa shape index (κ3) is 17.9. The third-order valence-corrected chi connectivity index (χ3v) is 11.0. The fraction of sp³-hybridized carbons (Fsp3) is 0.625. The van der Waals surface area contributed by atoms with Crippen molar-refractivity contribution in [1.29, 1.82) is 0 Å². The molecule has 1 aromatic heterocycles. The zero-order chi connectivity index (χ0) is 45.7. The smallest absolute Gasteiger partial charge is 0.394 e. The zero-order valence-electron chi connectivity index (χ0n) is 35.8. The molecule has 1 aliphatic rings. The summed E-state index contributed by atoms with van der Waals surface area (Å²) in [5.41, 5.74) is 7.01. The number of aliphatic hydroxyl groups excluding tert-OH is 1. The first kappa shape index (κ1) is 51.6. The molecule has 9 N–H and O–H groups in total. The highest BCUT2D eigenvalue weighted by Crippen LogP contribution is 2.45. The minimum atomic E-state index is -4.73. The Morgan fingerprint density at radius 2 is 1.63 bits per heavy atom. The van der Waals surface area contributed by atoms with Crippen LogP contribution in [-0.2, 0) is 64.7 Å². The van der Waals surface area contributed by atoms with Crippen LogP contribution in [0.3, 0.4) is 0 Å². The Morgan fingerprint density at radius 1 is 0.935 bits per heavy atom. The predicted molar refractivity (Wildman–Crippen MR) is 224 cm³/mol. The van der Waals surface area contributed by atoms with Crippen LogP contribution < -0.4 is 27.0 Å². The molecule has 22 heteroatoms. The van der Waals surface area contributed by atoms with Crippen molar-refractivity contribution in [2.45, 2.75) is 108 Å². The van der Waals surface area contributed by atoms with Gasteiger partial charge in [0.25, 0.3) is 0 Å². The summed E-state index contributed by atoms with van der Waals surface area (Å²) < 4.78 is 33.2. The molecule has 0 saturated carbocycles. The van der Waals surface area contributed by atoms with Crippen LogP contribution in [0.4, 0.5) is 0 Å². The minimum absolute atomic E-state index is 0.0621. The number of nitrogens with two attached hydrogens (primary N) is 1. The maximum atomic E-state index is 13.9. The van der Waals surface area contributed by atoms with E-state index in [1.807, 2.05) is 44.2 Å². The molecule has 1 aliphatic heterocycles. The first-order valence-electron chi connectivity index (χ1n) is 20.7. The van der Waals surface area contributed by atoms with E-state index >= 15 is 0 Å². The van der Waals surface area contributed by atoms with Crippen molar-refractivity contribution < 1.29 is 61.9 Å². The fourth-order valence-corrected chi connectivity index (χ4v) is 7.61. The average Bonchev–Trinajstić information content (AvgIpc) is 3.94. The topological polar surface area (TPSA) is 303 Å². The molecular weight excluding hydrogens is 831 g/mol. The number of likely N-dealkylation sites (tertiary alicyclic amines) is 1. The third-order valence-electron chi connectivity index (χ3n) is 9.87. The molecule has 3 rings (SSSR count). The maximum Gasteiger partial charge on any atom is 0.472 e. The van der Waals surface area contributed by atoms with Gasteiger partial charge in [0.2, 0.25) is 35.4 Å². The van der Waals surface area contributed by atoms with Gasteiger partial charge in [-0.05, 0) is 56.9 Å². The molecule has 21 nitrogen and oxygen atoms in total. The molecule has 0 aliphatic carbocycles. The molecule has 1 unspecified atom stereocenters. The number of ether oxygens (including phenoxy) is 2. The average molecular weight is 895 g/mol. The first-order chi connectivity index (χ1) is 29.5. The van der Waals surface area contributed by atoms with Gasteiger partial charge < -0.3 is 56.4 Å². The SMILES string of the molecule is COCCOCCC(=O)N1CCC[C@H]1C(=O)N[C@@H](CC(C)C)C(=O)N[C@@H](Cc1cnc[nH]1)C(=O)N[C@@H](CO)C(=O)N[C@H](C(N)=O)[C@@H](C)OP(=O)(O)OCCCCc1ccccc1. The van der Waals surface area contributed by atoms with Crippen LogP contribution in [0.15, 0.2) is 42.9 Å². The molecule has 2 aromatic rings. The number of imidazole rings is 1. The monoisotopic (exact) mass is 894 g/mol. The molecule has 346 valence electrons. The fourth-order valence-electron chi connectivity index (χ4n) is 6.65. The number of hydrogen-bond donors (Lipinski definition) is 8. The second-order valence-electron chi connectivity index (χ2n) is 15.3. The number of carbonyl (C=O) groups excluding carboxylic acids is 6. The molecule has 1 aromatic carbocycles. The van der Waals surface area contributed by atoms with Gasteiger partial charge in [0.1, 0.15) is 30.2 Å². The Balaban J connectivity index is 1.65. The summed E-state index contributed by atoms with van der Waals surface area (Å²) >= 11 is 0. The largest absolute Gasteiger partial charge is 0.472 e. The summed E-state index contributed by atoms with van der Waals surface area (Å²) in [5.74, 6) is -4.83. The second kappa shape index (κ2) is 26.7. The van der Waals surface area contributed by atoms with E-state index < -0.39 is 80.3 Å². The minimum Gasteiger partial charge on any atom is -0.394 e. The molecule has 62 heavy (non-hydrogen) atoms. The van der Waals surface area contributed by atoms with Gasteiger partial charge in [0.05, 0.1) is 51.9 Å². The van der Waals surface area contributed by atoms with E-state index in [0.717, 1.165) is 12.0 Å². The normalized spacial score (nSPS) is 17.3. The van der Waals surface area contributed by atoms with Crippen molar-refractivity contribution >= 4 is 43.3 Å². The van der Waals surface area contributed by atoms with Crippen molar-refractivity contribution in [2.24, 2.45) is 11.7 Å². The lowest BCUT2D eigenvalue weighted by Gasteiger charge is -2.29. The van der Waals surface area contributed by atoms with Gasteiger partial charge in [0.15, 0.2) is 0 Å². The Bertz CT molecular complexity index is 1770. The molecule has 1 fully saturated rings. The molecule has 1 saturated heterocycles. The Labute approximate surface area is 361 Å². The van der Waals surface area contributed by atoms with Gasteiger partial charge in [-0.2, -0.15) is 0 Å². The van der Waals surface area contributed by atoms with E-state index in [1.165, 1.54) is 31.5 Å². The number of nitrogens with one attached hydrogen (secondary N) is 5. The Hall–Kier alpha value is -4.76. The van der Waals surface area contributed by atoms with Crippen LogP contribution in [-0.4, -0.2) is 143 Å². The van der Waals surface area contributed by atoms with E-state index in [-0.39, 0.29) is 44.3 Å². The lowest BCUT2D eigenvalue weighted by molar-refractivity contribution is -0.140. The summed E-state index contributed by atoms with van der Waals surface area (Å²) in [6, 6.07) is 2.87. The summed E-state index contributed by atoms with van der Waals surface area (Å²) in [7, 11) is -3.20. The van der Waals surface area contributed by atoms with Crippen molar-refractivity contribution in [2.75, 3.05) is 46.7 Å². The van der Waals surface area contributed by atoms with Crippen molar-refractivity contribution in [3.8, 4) is 0 Å². The number of phosphoric ester groups is 1.